The number of pyridine rings is 2. The van der Waals surface area contributed by atoms with Gasteiger partial charge in [-0.2, -0.15) is 0 Å². The minimum atomic E-state index is -1.03. The first kappa shape index (κ1) is 23.0. The number of nitrogens with zero attached hydrogens (tertiary/aromatic N) is 4. The zero-order valence-corrected chi connectivity index (χ0v) is 20.1. The predicted molar refractivity (Wildman–Crippen MR) is 131 cm³/mol. The van der Waals surface area contributed by atoms with E-state index in [0.29, 0.717) is 42.8 Å². The van der Waals surface area contributed by atoms with Crippen molar-refractivity contribution >= 4 is 34.6 Å². The summed E-state index contributed by atoms with van der Waals surface area (Å²) >= 11 is 0. The fourth-order valence-corrected chi connectivity index (χ4v) is 4.69. The standard InChI is InChI=1S/C25H25N5O7/c1-33-21-5-3-17-23(28-21)18(6-8-26-17)29-9-7-15(13-29)27-24(31)36-22-14-30(25(32)37-22)16-2-4-19-20(12-16)35-11-10-34-19/h2-6,8,12,15,22H,7,9-11,13-14H2,1H3,(H,27,31)/t15-,22-/m0/s1. The largest absolute Gasteiger partial charge is 0.486 e. The van der Waals surface area contributed by atoms with E-state index in [0.717, 1.165) is 29.7 Å². The highest BCUT2D eigenvalue weighted by molar-refractivity contribution is 5.90. The van der Waals surface area contributed by atoms with E-state index < -0.39 is 18.5 Å². The fourth-order valence-electron chi connectivity index (χ4n) is 4.69. The average Bonchev–Trinajstić information content (AvgIpc) is 3.53. The minimum absolute atomic E-state index is 0.0686. The maximum absolute atomic E-state index is 12.6. The van der Waals surface area contributed by atoms with E-state index in [2.05, 4.69) is 20.2 Å². The van der Waals surface area contributed by atoms with Crippen molar-refractivity contribution in [3.63, 3.8) is 0 Å². The van der Waals surface area contributed by atoms with Crippen LogP contribution in [0.1, 0.15) is 6.42 Å². The first-order chi connectivity index (χ1) is 18.1. The summed E-state index contributed by atoms with van der Waals surface area (Å²) in [5, 5.41) is 2.88. The minimum Gasteiger partial charge on any atom is -0.486 e. The van der Waals surface area contributed by atoms with E-state index in [9.17, 15) is 9.59 Å². The molecule has 192 valence electrons. The third-order valence-corrected chi connectivity index (χ3v) is 6.46. The lowest BCUT2D eigenvalue weighted by Gasteiger charge is -2.21. The lowest BCUT2D eigenvalue weighted by atomic mass is 10.2. The van der Waals surface area contributed by atoms with Gasteiger partial charge in [0.25, 0.3) is 6.29 Å². The Labute approximate surface area is 212 Å². The number of aromatic nitrogens is 2. The van der Waals surface area contributed by atoms with Gasteiger partial charge in [-0.05, 0) is 30.7 Å². The molecule has 12 nitrogen and oxygen atoms in total. The van der Waals surface area contributed by atoms with Crippen LogP contribution in [0.3, 0.4) is 0 Å². The summed E-state index contributed by atoms with van der Waals surface area (Å²) in [6, 6.07) is 10.6. The number of carbonyl (C=O) groups excluding carboxylic acids is 2. The molecule has 2 amide bonds. The smallest absolute Gasteiger partial charge is 0.417 e. The van der Waals surface area contributed by atoms with Crippen LogP contribution in [0.5, 0.6) is 17.4 Å². The first-order valence-corrected chi connectivity index (χ1v) is 12.0. The van der Waals surface area contributed by atoms with Gasteiger partial charge in [-0.25, -0.2) is 14.6 Å². The summed E-state index contributed by atoms with van der Waals surface area (Å²) in [5.74, 6) is 1.69. The molecule has 6 rings (SSSR count). The molecule has 3 aliphatic heterocycles. The first-order valence-electron chi connectivity index (χ1n) is 12.0. The van der Waals surface area contributed by atoms with Crippen LogP contribution in [-0.4, -0.2) is 74.4 Å². The van der Waals surface area contributed by atoms with E-state index in [1.807, 2.05) is 12.1 Å². The second-order valence-corrected chi connectivity index (χ2v) is 8.78. The Bertz CT molecular complexity index is 1350. The van der Waals surface area contributed by atoms with Crippen LogP contribution in [-0.2, 0) is 9.47 Å². The third-order valence-electron chi connectivity index (χ3n) is 6.46. The molecule has 0 spiro atoms. The van der Waals surface area contributed by atoms with E-state index in [4.69, 9.17) is 23.7 Å². The maximum Gasteiger partial charge on any atom is 0.417 e. The van der Waals surface area contributed by atoms with Crippen LogP contribution in [0, 0.1) is 0 Å². The lowest BCUT2D eigenvalue weighted by Crippen LogP contribution is -2.39. The number of rotatable bonds is 5. The van der Waals surface area contributed by atoms with E-state index in [-0.39, 0.29) is 12.6 Å². The molecule has 37 heavy (non-hydrogen) atoms. The van der Waals surface area contributed by atoms with Gasteiger partial charge in [-0.3, -0.25) is 9.88 Å². The van der Waals surface area contributed by atoms with Crippen LogP contribution >= 0.6 is 0 Å². The van der Waals surface area contributed by atoms with Crippen LogP contribution in [0.15, 0.2) is 42.6 Å². The molecular weight excluding hydrogens is 482 g/mol. The number of amides is 2. The summed E-state index contributed by atoms with van der Waals surface area (Å²) in [4.78, 5) is 37.5. The SMILES string of the molecule is COc1ccc2nccc(N3CC[C@H](NC(=O)O[C@@H]4CN(c5ccc6c(c5)OCCO6)C(=O)O4)C3)c2n1. The maximum atomic E-state index is 12.6. The zero-order chi connectivity index (χ0) is 25.4. The third kappa shape index (κ3) is 4.57. The molecular formula is C25H25N5O7. The normalized spacial score (nSPS) is 20.6. The van der Waals surface area contributed by atoms with Crippen molar-refractivity contribution in [1.82, 2.24) is 15.3 Å². The summed E-state index contributed by atoms with van der Waals surface area (Å²) in [6.07, 6.45) is 0.181. The van der Waals surface area contributed by atoms with Gasteiger partial charge in [0.1, 0.15) is 25.3 Å². The molecule has 5 heterocycles. The van der Waals surface area contributed by atoms with Crippen molar-refractivity contribution in [2.24, 2.45) is 0 Å². The zero-order valence-electron chi connectivity index (χ0n) is 20.1. The molecule has 12 heteroatoms. The Balaban J connectivity index is 1.06. The van der Waals surface area contributed by atoms with Crippen molar-refractivity contribution in [1.29, 1.82) is 0 Å². The van der Waals surface area contributed by atoms with Gasteiger partial charge in [-0.1, -0.05) is 0 Å². The number of hydrogen-bond acceptors (Lipinski definition) is 10. The van der Waals surface area contributed by atoms with Crippen LogP contribution < -0.4 is 29.3 Å². The van der Waals surface area contributed by atoms with Gasteiger partial charge in [0.05, 0.1) is 30.0 Å². The number of anilines is 2. The van der Waals surface area contributed by atoms with Crippen molar-refractivity contribution in [2.45, 2.75) is 18.8 Å². The summed E-state index contributed by atoms with van der Waals surface area (Å²) in [7, 11) is 1.57. The molecule has 2 saturated heterocycles. The Morgan fingerprint density at radius 3 is 2.84 bits per heavy atom. The molecule has 0 aliphatic carbocycles. The summed E-state index contributed by atoms with van der Waals surface area (Å²) in [5.41, 5.74) is 2.99. The number of hydrogen-bond donors (Lipinski definition) is 1. The Morgan fingerprint density at radius 1 is 1.11 bits per heavy atom. The molecule has 0 bridgehead atoms. The summed E-state index contributed by atoms with van der Waals surface area (Å²) in [6.45, 7) is 2.28. The van der Waals surface area contributed by atoms with Crippen molar-refractivity contribution in [2.75, 3.05) is 49.8 Å². The predicted octanol–water partition coefficient (Wildman–Crippen LogP) is 2.70. The summed E-state index contributed by atoms with van der Waals surface area (Å²) < 4.78 is 27.0. The quantitative estimate of drug-likeness (QED) is 0.551. The Morgan fingerprint density at radius 2 is 1.97 bits per heavy atom. The number of fused-ring (bicyclic) bond motifs is 2. The molecule has 2 aromatic heterocycles. The number of alkyl carbamates (subject to hydrolysis) is 1. The van der Waals surface area contributed by atoms with E-state index in [1.54, 1.807) is 37.6 Å². The highest BCUT2D eigenvalue weighted by Gasteiger charge is 2.36. The van der Waals surface area contributed by atoms with Crippen molar-refractivity contribution in [3.8, 4) is 17.4 Å². The molecule has 0 radical (unpaired) electrons. The number of benzene rings is 1. The number of methoxy groups -OCH3 is 1. The monoisotopic (exact) mass is 507 g/mol. The molecule has 3 aromatic rings. The molecule has 0 saturated carbocycles. The topological polar surface area (TPSA) is 125 Å². The number of cyclic esters (lactones) is 1. The van der Waals surface area contributed by atoms with Gasteiger partial charge in [0.2, 0.25) is 5.88 Å². The highest BCUT2D eigenvalue weighted by atomic mass is 16.7. The van der Waals surface area contributed by atoms with E-state index in [1.165, 1.54) is 4.90 Å². The Hall–Kier alpha value is -4.48. The van der Waals surface area contributed by atoms with Crippen molar-refractivity contribution in [3.05, 3.63) is 42.6 Å². The molecule has 2 fully saturated rings. The molecule has 3 aliphatic rings. The van der Waals surface area contributed by atoms with Crippen molar-refractivity contribution < 1.29 is 33.3 Å². The molecule has 1 aromatic carbocycles. The van der Waals surface area contributed by atoms with Gasteiger partial charge in [-0.15, -0.1) is 0 Å². The Kier molecular flexibility index (Phi) is 5.91. The van der Waals surface area contributed by atoms with E-state index >= 15 is 0 Å². The van der Waals surface area contributed by atoms with Gasteiger partial charge in [0, 0.05) is 31.4 Å². The second kappa shape index (κ2) is 9.52. The van der Waals surface area contributed by atoms with Gasteiger partial charge >= 0.3 is 12.2 Å². The highest BCUT2D eigenvalue weighted by Crippen LogP contribution is 2.35. The van der Waals surface area contributed by atoms with Crippen LogP contribution in [0.2, 0.25) is 0 Å². The fraction of sp³-hybridized carbons (Fsp3) is 0.360. The molecule has 0 unspecified atom stereocenters. The van der Waals surface area contributed by atoms with Crippen LogP contribution in [0.4, 0.5) is 21.0 Å². The number of carbonyl (C=O) groups is 2. The second-order valence-electron chi connectivity index (χ2n) is 8.78. The lowest BCUT2D eigenvalue weighted by molar-refractivity contribution is -0.0299. The average molecular weight is 508 g/mol. The molecule has 2 atom stereocenters. The van der Waals surface area contributed by atoms with Gasteiger partial charge < -0.3 is 33.9 Å². The van der Waals surface area contributed by atoms with Crippen LogP contribution in [0.25, 0.3) is 11.0 Å². The van der Waals surface area contributed by atoms with Gasteiger partial charge in [0.15, 0.2) is 11.5 Å². The number of ether oxygens (including phenoxy) is 5. The number of nitrogens with one attached hydrogen (secondary N) is 1. The molecule has 1 N–H and O–H groups in total.